The van der Waals surface area contributed by atoms with E-state index in [2.05, 4.69) is 4.74 Å². The van der Waals surface area contributed by atoms with Gasteiger partial charge in [0.2, 0.25) is 5.91 Å². The van der Waals surface area contributed by atoms with Crippen molar-refractivity contribution in [2.45, 2.75) is 26.3 Å². The fraction of sp³-hybridized carbons (Fsp3) is 0.467. The molecule has 0 fully saturated rings. The minimum atomic E-state index is -0.634. The summed E-state index contributed by atoms with van der Waals surface area (Å²) in [5.74, 6) is -0.694. The van der Waals surface area contributed by atoms with Crippen LogP contribution in [0.4, 0.5) is 5.69 Å². The summed E-state index contributed by atoms with van der Waals surface area (Å²) in [4.78, 5) is 25.4. The van der Waals surface area contributed by atoms with Crippen molar-refractivity contribution < 1.29 is 14.3 Å². The Morgan fingerprint density at radius 2 is 1.90 bits per heavy atom. The fourth-order valence-electron chi connectivity index (χ4n) is 1.78. The van der Waals surface area contributed by atoms with E-state index in [-0.39, 0.29) is 18.4 Å². The Labute approximate surface area is 119 Å². The van der Waals surface area contributed by atoms with Gasteiger partial charge in [0, 0.05) is 5.69 Å². The van der Waals surface area contributed by atoms with E-state index in [1.54, 1.807) is 12.1 Å². The number of rotatable bonds is 6. The highest BCUT2D eigenvalue weighted by molar-refractivity contribution is 6.00. The Morgan fingerprint density at radius 3 is 2.40 bits per heavy atom. The van der Waals surface area contributed by atoms with E-state index in [4.69, 9.17) is 5.73 Å². The second kappa shape index (κ2) is 7.65. The predicted octanol–water partition coefficient (Wildman–Crippen LogP) is 1.57. The molecule has 1 aromatic carbocycles. The van der Waals surface area contributed by atoms with E-state index in [1.165, 1.54) is 12.0 Å². The summed E-state index contributed by atoms with van der Waals surface area (Å²) < 4.78 is 4.65. The van der Waals surface area contributed by atoms with Crippen molar-refractivity contribution in [3.63, 3.8) is 0 Å². The van der Waals surface area contributed by atoms with E-state index in [0.717, 1.165) is 6.42 Å². The molecule has 110 valence electrons. The van der Waals surface area contributed by atoms with Crippen LogP contribution < -0.4 is 10.6 Å². The maximum Gasteiger partial charge on any atom is 0.325 e. The summed E-state index contributed by atoms with van der Waals surface area (Å²) in [6, 6.07) is 8.36. The monoisotopic (exact) mass is 278 g/mol. The van der Waals surface area contributed by atoms with Crippen molar-refractivity contribution in [1.29, 1.82) is 0 Å². The number of carbonyl (C=O) groups excluding carboxylic acids is 2. The van der Waals surface area contributed by atoms with E-state index >= 15 is 0 Å². The van der Waals surface area contributed by atoms with Crippen LogP contribution in [0, 0.1) is 5.92 Å². The summed E-state index contributed by atoms with van der Waals surface area (Å²) in [5, 5.41) is 0. The topological polar surface area (TPSA) is 72.6 Å². The molecule has 0 aromatic heterocycles. The molecule has 0 aliphatic carbocycles. The zero-order valence-electron chi connectivity index (χ0n) is 12.2. The molecule has 5 heteroatoms. The van der Waals surface area contributed by atoms with Gasteiger partial charge in [-0.15, -0.1) is 0 Å². The molecule has 0 aliphatic heterocycles. The van der Waals surface area contributed by atoms with Crippen LogP contribution in [0.1, 0.15) is 20.3 Å². The average molecular weight is 278 g/mol. The number of ether oxygens (including phenoxy) is 1. The highest BCUT2D eigenvalue weighted by atomic mass is 16.5. The SMILES string of the molecule is CC[C@H](C)[C@H](N)C(=O)N(CC(=O)OC)c1ccccc1. The molecule has 0 bridgehead atoms. The van der Waals surface area contributed by atoms with Crippen molar-refractivity contribution in [2.75, 3.05) is 18.6 Å². The van der Waals surface area contributed by atoms with E-state index < -0.39 is 12.0 Å². The number of anilines is 1. The van der Waals surface area contributed by atoms with Crippen LogP contribution in [0.5, 0.6) is 0 Å². The first-order valence-electron chi connectivity index (χ1n) is 6.70. The molecule has 0 unspecified atom stereocenters. The summed E-state index contributed by atoms with van der Waals surface area (Å²) in [7, 11) is 1.30. The van der Waals surface area contributed by atoms with E-state index in [0.29, 0.717) is 5.69 Å². The molecule has 5 nitrogen and oxygen atoms in total. The highest BCUT2D eigenvalue weighted by Crippen LogP contribution is 2.17. The number of benzene rings is 1. The Balaban J connectivity index is 2.99. The maximum absolute atomic E-state index is 12.5. The number of hydrogen-bond acceptors (Lipinski definition) is 4. The Hall–Kier alpha value is -1.88. The first-order chi connectivity index (χ1) is 9.51. The molecule has 0 heterocycles. The summed E-state index contributed by atoms with van der Waals surface area (Å²) >= 11 is 0. The lowest BCUT2D eigenvalue weighted by Gasteiger charge is -2.27. The van der Waals surface area contributed by atoms with Gasteiger partial charge < -0.3 is 10.5 Å². The molecule has 0 saturated carbocycles. The zero-order chi connectivity index (χ0) is 15.1. The van der Waals surface area contributed by atoms with Crippen molar-refractivity contribution in [2.24, 2.45) is 11.7 Å². The van der Waals surface area contributed by atoms with Crippen LogP contribution in [-0.2, 0) is 14.3 Å². The van der Waals surface area contributed by atoms with Crippen LogP contribution in [0.3, 0.4) is 0 Å². The van der Waals surface area contributed by atoms with Gasteiger partial charge in [0.05, 0.1) is 13.2 Å². The van der Waals surface area contributed by atoms with Gasteiger partial charge in [-0.1, -0.05) is 38.5 Å². The van der Waals surface area contributed by atoms with E-state index in [9.17, 15) is 9.59 Å². The molecular weight excluding hydrogens is 256 g/mol. The Kier molecular flexibility index (Phi) is 6.18. The minimum Gasteiger partial charge on any atom is -0.468 e. The Bertz CT molecular complexity index is 448. The lowest BCUT2D eigenvalue weighted by molar-refractivity contribution is -0.140. The number of methoxy groups -OCH3 is 1. The van der Waals surface area contributed by atoms with Gasteiger partial charge in [0.25, 0.3) is 0 Å². The predicted molar refractivity (Wildman–Crippen MR) is 78.2 cm³/mol. The van der Waals surface area contributed by atoms with Gasteiger partial charge in [0.1, 0.15) is 6.54 Å². The third kappa shape index (κ3) is 4.06. The van der Waals surface area contributed by atoms with Crippen LogP contribution in [0.25, 0.3) is 0 Å². The number of nitrogens with two attached hydrogens (primary N) is 1. The molecule has 1 amide bonds. The molecule has 0 spiro atoms. The number of hydrogen-bond donors (Lipinski definition) is 1. The largest absolute Gasteiger partial charge is 0.468 e. The third-order valence-electron chi connectivity index (χ3n) is 3.39. The van der Waals surface area contributed by atoms with Gasteiger partial charge in [-0.2, -0.15) is 0 Å². The van der Waals surface area contributed by atoms with Gasteiger partial charge >= 0.3 is 5.97 Å². The van der Waals surface area contributed by atoms with Crippen LogP contribution in [0.15, 0.2) is 30.3 Å². The average Bonchev–Trinajstić information content (AvgIpc) is 2.50. The molecule has 0 radical (unpaired) electrons. The van der Waals surface area contributed by atoms with E-state index in [1.807, 2.05) is 32.0 Å². The fourth-order valence-corrected chi connectivity index (χ4v) is 1.78. The van der Waals surface area contributed by atoms with Crippen molar-refractivity contribution in [1.82, 2.24) is 0 Å². The van der Waals surface area contributed by atoms with Crippen LogP contribution in [-0.4, -0.2) is 31.6 Å². The number of amides is 1. The third-order valence-corrected chi connectivity index (χ3v) is 3.39. The minimum absolute atomic E-state index is 0.0476. The van der Waals surface area contributed by atoms with Crippen molar-refractivity contribution >= 4 is 17.6 Å². The smallest absolute Gasteiger partial charge is 0.325 e. The molecule has 2 atom stereocenters. The van der Waals surface area contributed by atoms with Gasteiger partial charge in [0.15, 0.2) is 0 Å². The van der Waals surface area contributed by atoms with Gasteiger partial charge in [-0.05, 0) is 18.1 Å². The quantitative estimate of drug-likeness (QED) is 0.802. The normalized spacial score (nSPS) is 13.4. The number of carbonyl (C=O) groups is 2. The number of nitrogens with zero attached hydrogens (tertiary/aromatic N) is 1. The van der Waals surface area contributed by atoms with Gasteiger partial charge in [-0.25, -0.2) is 0 Å². The number of esters is 1. The van der Waals surface area contributed by atoms with Crippen molar-refractivity contribution in [3.8, 4) is 0 Å². The summed E-state index contributed by atoms with van der Waals surface area (Å²) in [5.41, 5.74) is 6.62. The first kappa shape index (κ1) is 16.2. The molecule has 0 aliphatic rings. The molecule has 1 aromatic rings. The lowest BCUT2D eigenvalue weighted by Crippen LogP contribution is -2.49. The zero-order valence-corrected chi connectivity index (χ0v) is 12.2. The first-order valence-corrected chi connectivity index (χ1v) is 6.70. The summed E-state index contributed by atoms with van der Waals surface area (Å²) in [6.07, 6.45) is 0.799. The molecule has 1 rings (SSSR count). The molecule has 0 saturated heterocycles. The van der Waals surface area contributed by atoms with Crippen LogP contribution in [0.2, 0.25) is 0 Å². The lowest BCUT2D eigenvalue weighted by atomic mass is 9.98. The molecule has 2 N–H and O–H groups in total. The molecule has 20 heavy (non-hydrogen) atoms. The standard InChI is InChI=1S/C15H22N2O3/c1-4-11(2)14(16)15(19)17(10-13(18)20-3)12-8-6-5-7-9-12/h5-9,11,14H,4,10,16H2,1-3H3/t11-,14-/m0/s1. The Morgan fingerprint density at radius 1 is 1.30 bits per heavy atom. The van der Waals surface area contributed by atoms with Crippen LogP contribution >= 0.6 is 0 Å². The van der Waals surface area contributed by atoms with Crippen molar-refractivity contribution in [3.05, 3.63) is 30.3 Å². The summed E-state index contributed by atoms with van der Waals surface area (Å²) in [6.45, 7) is 3.76. The number of para-hydroxylation sites is 1. The molecular formula is C15H22N2O3. The second-order valence-electron chi connectivity index (χ2n) is 4.75. The second-order valence-corrected chi connectivity index (χ2v) is 4.75. The van der Waals surface area contributed by atoms with Gasteiger partial charge in [-0.3, -0.25) is 14.5 Å². The maximum atomic E-state index is 12.5. The highest BCUT2D eigenvalue weighted by Gasteiger charge is 2.27.